The molecule has 0 aromatic rings. The second-order valence-electron chi connectivity index (χ2n) is 5.44. The molecule has 1 aliphatic heterocycles. The van der Waals surface area contributed by atoms with Gasteiger partial charge >= 0.3 is 0 Å². The predicted molar refractivity (Wildman–Crippen MR) is 65.1 cm³/mol. The molecule has 0 radical (unpaired) electrons. The van der Waals surface area contributed by atoms with Crippen LogP contribution in [0.2, 0.25) is 0 Å². The first-order chi connectivity index (χ1) is 7.36. The van der Waals surface area contributed by atoms with Crippen LogP contribution >= 0.6 is 0 Å². The van der Waals surface area contributed by atoms with E-state index in [0.717, 1.165) is 12.0 Å². The summed E-state index contributed by atoms with van der Waals surface area (Å²) in [5.74, 6) is 0.998. The third-order valence-corrected chi connectivity index (χ3v) is 4.17. The van der Waals surface area contributed by atoms with Gasteiger partial charge in [0.05, 0.1) is 0 Å². The van der Waals surface area contributed by atoms with Crippen molar-refractivity contribution < 1.29 is 0 Å². The molecule has 1 N–H and O–H groups in total. The van der Waals surface area contributed by atoms with E-state index in [4.69, 9.17) is 0 Å². The number of nitrogens with one attached hydrogen (secondary N) is 1. The standard InChI is InChI=1S/C13H26N2/c1-15(11-12-6-2-3-7-12)13-8-4-5-9-14-10-13/h12-14H,2-11H2,1H3. The van der Waals surface area contributed by atoms with E-state index in [0.29, 0.717) is 0 Å². The first-order valence-corrected chi connectivity index (χ1v) is 6.77. The van der Waals surface area contributed by atoms with E-state index in [1.54, 1.807) is 0 Å². The molecule has 15 heavy (non-hydrogen) atoms. The zero-order chi connectivity index (χ0) is 10.5. The summed E-state index contributed by atoms with van der Waals surface area (Å²) in [5, 5.41) is 3.56. The summed E-state index contributed by atoms with van der Waals surface area (Å²) in [6.07, 6.45) is 10.1. The van der Waals surface area contributed by atoms with E-state index in [9.17, 15) is 0 Å². The molecule has 2 heteroatoms. The fourth-order valence-electron chi connectivity index (χ4n) is 3.13. The number of hydrogen-bond donors (Lipinski definition) is 1. The van der Waals surface area contributed by atoms with Crippen molar-refractivity contribution >= 4 is 0 Å². The molecule has 2 nitrogen and oxygen atoms in total. The van der Waals surface area contributed by atoms with Crippen molar-refractivity contribution in [3.63, 3.8) is 0 Å². The number of likely N-dealkylation sites (N-methyl/N-ethyl adjacent to an activating group) is 1. The van der Waals surface area contributed by atoms with Gasteiger partial charge in [0.15, 0.2) is 0 Å². The summed E-state index contributed by atoms with van der Waals surface area (Å²) in [7, 11) is 2.33. The maximum atomic E-state index is 3.56. The fourth-order valence-corrected chi connectivity index (χ4v) is 3.13. The molecule has 2 rings (SSSR count). The minimum atomic E-state index is 0.799. The Balaban J connectivity index is 1.74. The van der Waals surface area contributed by atoms with Crippen LogP contribution in [0.4, 0.5) is 0 Å². The summed E-state index contributed by atoms with van der Waals surface area (Å²) in [4.78, 5) is 2.62. The van der Waals surface area contributed by atoms with E-state index in [1.165, 1.54) is 64.6 Å². The SMILES string of the molecule is CN(CC1CCCC1)C1CCCCNC1. The minimum absolute atomic E-state index is 0.799. The lowest BCUT2D eigenvalue weighted by atomic mass is 10.1. The molecule has 0 bridgehead atoms. The highest BCUT2D eigenvalue weighted by Gasteiger charge is 2.21. The highest BCUT2D eigenvalue weighted by atomic mass is 15.2. The average molecular weight is 210 g/mol. The molecule has 2 fully saturated rings. The molecule has 1 saturated carbocycles. The summed E-state index contributed by atoms with van der Waals surface area (Å²) in [6, 6.07) is 0.799. The largest absolute Gasteiger partial charge is 0.315 e. The highest BCUT2D eigenvalue weighted by molar-refractivity contribution is 4.78. The molecule has 1 atom stereocenters. The molecule has 1 saturated heterocycles. The van der Waals surface area contributed by atoms with Gasteiger partial charge in [0.1, 0.15) is 0 Å². The first kappa shape index (κ1) is 11.4. The van der Waals surface area contributed by atoms with Crippen LogP contribution < -0.4 is 5.32 Å². The van der Waals surface area contributed by atoms with Crippen LogP contribution in [0.1, 0.15) is 44.9 Å². The third kappa shape index (κ3) is 3.46. The average Bonchev–Trinajstić information content (AvgIpc) is 2.58. The molecule has 0 amide bonds. The van der Waals surface area contributed by atoms with Gasteiger partial charge in [-0.25, -0.2) is 0 Å². The Kier molecular flexibility index (Phi) is 4.45. The van der Waals surface area contributed by atoms with Gasteiger partial charge in [-0.3, -0.25) is 0 Å². The second kappa shape index (κ2) is 5.86. The molecule has 0 spiro atoms. The van der Waals surface area contributed by atoms with Crippen LogP contribution in [-0.4, -0.2) is 37.6 Å². The maximum Gasteiger partial charge on any atom is 0.0217 e. The molecule has 1 unspecified atom stereocenters. The van der Waals surface area contributed by atoms with Gasteiger partial charge in [0, 0.05) is 19.1 Å². The van der Waals surface area contributed by atoms with Crippen molar-refractivity contribution in [1.82, 2.24) is 10.2 Å². The third-order valence-electron chi connectivity index (χ3n) is 4.17. The predicted octanol–water partition coefficient (Wildman–Crippen LogP) is 2.25. The van der Waals surface area contributed by atoms with E-state index in [-0.39, 0.29) is 0 Å². The molecule has 0 aromatic heterocycles. The van der Waals surface area contributed by atoms with Gasteiger partial charge in [0.2, 0.25) is 0 Å². The Morgan fingerprint density at radius 2 is 1.80 bits per heavy atom. The summed E-state index contributed by atoms with van der Waals surface area (Å²) in [6.45, 7) is 3.78. The number of rotatable bonds is 3. The van der Waals surface area contributed by atoms with Gasteiger partial charge in [-0.15, -0.1) is 0 Å². The summed E-state index contributed by atoms with van der Waals surface area (Å²) >= 11 is 0. The fraction of sp³-hybridized carbons (Fsp3) is 1.00. The van der Waals surface area contributed by atoms with Gasteiger partial charge in [-0.1, -0.05) is 19.3 Å². The smallest absolute Gasteiger partial charge is 0.0217 e. The first-order valence-electron chi connectivity index (χ1n) is 6.77. The molecule has 1 aliphatic carbocycles. The Labute approximate surface area is 94.4 Å². The highest BCUT2D eigenvalue weighted by Crippen LogP contribution is 2.26. The molecule has 88 valence electrons. The lowest BCUT2D eigenvalue weighted by Gasteiger charge is -2.29. The molecule has 2 aliphatic rings. The van der Waals surface area contributed by atoms with Gasteiger partial charge in [0.25, 0.3) is 0 Å². The second-order valence-corrected chi connectivity index (χ2v) is 5.44. The van der Waals surface area contributed by atoms with Gasteiger partial charge in [-0.2, -0.15) is 0 Å². The van der Waals surface area contributed by atoms with Crippen LogP contribution in [-0.2, 0) is 0 Å². The van der Waals surface area contributed by atoms with Crippen molar-refractivity contribution in [3.05, 3.63) is 0 Å². The molecular formula is C13H26N2. The Hall–Kier alpha value is -0.0800. The quantitative estimate of drug-likeness (QED) is 0.768. The van der Waals surface area contributed by atoms with Crippen molar-refractivity contribution in [2.24, 2.45) is 5.92 Å². The van der Waals surface area contributed by atoms with Crippen molar-refractivity contribution in [2.75, 3.05) is 26.7 Å². The molecule has 1 heterocycles. The van der Waals surface area contributed by atoms with Crippen LogP contribution in [0.5, 0.6) is 0 Å². The lowest BCUT2D eigenvalue weighted by Crippen LogP contribution is -2.40. The van der Waals surface area contributed by atoms with Crippen molar-refractivity contribution in [3.8, 4) is 0 Å². The Morgan fingerprint density at radius 3 is 2.60 bits per heavy atom. The topological polar surface area (TPSA) is 15.3 Å². The molecular weight excluding hydrogens is 184 g/mol. The zero-order valence-corrected chi connectivity index (χ0v) is 10.2. The van der Waals surface area contributed by atoms with E-state index < -0.39 is 0 Å². The summed E-state index contributed by atoms with van der Waals surface area (Å²) < 4.78 is 0. The van der Waals surface area contributed by atoms with Crippen molar-refractivity contribution in [1.29, 1.82) is 0 Å². The van der Waals surface area contributed by atoms with E-state index >= 15 is 0 Å². The van der Waals surface area contributed by atoms with E-state index in [1.807, 2.05) is 0 Å². The van der Waals surface area contributed by atoms with Gasteiger partial charge < -0.3 is 10.2 Å². The Morgan fingerprint density at radius 1 is 1.07 bits per heavy atom. The van der Waals surface area contributed by atoms with Crippen LogP contribution in [0, 0.1) is 5.92 Å². The maximum absolute atomic E-state index is 3.56. The lowest BCUT2D eigenvalue weighted by molar-refractivity contribution is 0.198. The van der Waals surface area contributed by atoms with Crippen LogP contribution in [0.25, 0.3) is 0 Å². The van der Waals surface area contributed by atoms with E-state index in [2.05, 4.69) is 17.3 Å². The van der Waals surface area contributed by atoms with Crippen LogP contribution in [0.15, 0.2) is 0 Å². The normalized spacial score (nSPS) is 29.6. The number of hydrogen-bond acceptors (Lipinski definition) is 2. The number of nitrogens with zero attached hydrogens (tertiary/aromatic N) is 1. The van der Waals surface area contributed by atoms with Crippen molar-refractivity contribution in [2.45, 2.75) is 51.0 Å². The zero-order valence-electron chi connectivity index (χ0n) is 10.2. The minimum Gasteiger partial charge on any atom is -0.315 e. The monoisotopic (exact) mass is 210 g/mol. The Bertz CT molecular complexity index is 167. The summed E-state index contributed by atoms with van der Waals surface area (Å²) in [5.41, 5.74) is 0. The molecule has 0 aromatic carbocycles. The van der Waals surface area contributed by atoms with Crippen LogP contribution in [0.3, 0.4) is 0 Å². The van der Waals surface area contributed by atoms with Gasteiger partial charge in [-0.05, 0) is 45.2 Å².